The highest BCUT2D eigenvalue weighted by molar-refractivity contribution is 9.10. The van der Waals surface area contributed by atoms with Crippen molar-refractivity contribution in [1.29, 1.82) is 0 Å². The van der Waals surface area contributed by atoms with E-state index in [-0.39, 0.29) is 17.9 Å². The molecule has 108 valence electrons. The molecule has 1 aliphatic rings. The predicted molar refractivity (Wildman–Crippen MR) is 78.0 cm³/mol. The van der Waals surface area contributed by atoms with Crippen molar-refractivity contribution in [3.05, 3.63) is 28.2 Å². The van der Waals surface area contributed by atoms with Gasteiger partial charge in [0.1, 0.15) is 13.2 Å². The second-order valence-electron chi connectivity index (χ2n) is 5.41. The summed E-state index contributed by atoms with van der Waals surface area (Å²) >= 11 is 3.44. The average Bonchev–Trinajstić information content (AvgIpc) is 2.61. The molecule has 0 unspecified atom stereocenters. The first kappa shape index (κ1) is 15.0. The van der Waals surface area contributed by atoms with Crippen LogP contribution < -0.4 is 4.90 Å². The molecule has 1 aromatic carbocycles. The fourth-order valence-electron chi connectivity index (χ4n) is 2.38. The van der Waals surface area contributed by atoms with Crippen molar-refractivity contribution < 1.29 is 19.4 Å². The lowest BCUT2D eigenvalue weighted by atomic mass is 9.87. The number of benzene rings is 1. The molecule has 0 aromatic heterocycles. The van der Waals surface area contributed by atoms with Gasteiger partial charge in [-0.25, -0.2) is 4.79 Å². The van der Waals surface area contributed by atoms with Gasteiger partial charge in [0, 0.05) is 22.1 Å². The zero-order valence-electron chi connectivity index (χ0n) is 11.4. The van der Waals surface area contributed by atoms with Crippen molar-refractivity contribution in [2.75, 3.05) is 24.7 Å². The second-order valence-corrected chi connectivity index (χ2v) is 6.33. The fraction of sp³-hybridized carbons (Fsp3) is 0.429. The highest BCUT2D eigenvalue weighted by Gasteiger charge is 2.37. The third-order valence-corrected chi connectivity index (χ3v) is 3.78. The number of carboxylic acid groups (broad SMARTS) is 1. The zero-order valence-corrected chi connectivity index (χ0v) is 12.9. The minimum atomic E-state index is -1.08. The van der Waals surface area contributed by atoms with E-state index >= 15 is 0 Å². The molecule has 1 amide bonds. The summed E-state index contributed by atoms with van der Waals surface area (Å²) in [7, 11) is 0. The number of hydrogen-bond donors (Lipinski definition) is 1. The standard InChI is InChI=1S/C14H16BrNO4/c1-14(2)8-16(12(17)6-20-7-13(18)19)11-4-3-9(15)5-10(11)14/h3-5H,6-8H2,1-2H3,(H,18,19). The molecule has 6 heteroatoms. The molecule has 0 saturated heterocycles. The number of rotatable bonds is 4. The molecule has 0 aliphatic carbocycles. The molecule has 1 heterocycles. The molecule has 0 saturated carbocycles. The van der Waals surface area contributed by atoms with Crippen molar-refractivity contribution in [2.45, 2.75) is 19.3 Å². The largest absolute Gasteiger partial charge is 0.480 e. The average molecular weight is 342 g/mol. The first-order chi connectivity index (χ1) is 9.31. The summed E-state index contributed by atoms with van der Waals surface area (Å²) in [4.78, 5) is 24.2. The maximum atomic E-state index is 12.2. The van der Waals surface area contributed by atoms with Crippen LogP contribution in [0.1, 0.15) is 19.4 Å². The van der Waals surface area contributed by atoms with Gasteiger partial charge in [-0.1, -0.05) is 29.8 Å². The Kier molecular flexibility index (Phi) is 4.15. The lowest BCUT2D eigenvalue weighted by Gasteiger charge is -2.20. The van der Waals surface area contributed by atoms with E-state index < -0.39 is 12.6 Å². The van der Waals surface area contributed by atoms with Crippen LogP contribution in [0.15, 0.2) is 22.7 Å². The van der Waals surface area contributed by atoms with E-state index in [1.54, 1.807) is 4.90 Å². The molecule has 0 fully saturated rings. The van der Waals surface area contributed by atoms with Crippen molar-refractivity contribution in [3.8, 4) is 0 Å². The number of carbonyl (C=O) groups is 2. The maximum absolute atomic E-state index is 12.2. The van der Waals surface area contributed by atoms with E-state index in [9.17, 15) is 9.59 Å². The molecule has 0 radical (unpaired) electrons. The lowest BCUT2D eigenvalue weighted by Crippen LogP contribution is -2.36. The van der Waals surface area contributed by atoms with Crippen LogP contribution in [0.2, 0.25) is 0 Å². The van der Waals surface area contributed by atoms with Crippen LogP contribution in [-0.4, -0.2) is 36.7 Å². The van der Waals surface area contributed by atoms with Gasteiger partial charge in [-0.15, -0.1) is 0 Å². The number of carboxylic acids is 1. The molecule has 1 aliphatic heterocycles. The van der Waals surface area contributed by atoms with Crippen LogP contribution in [0.3, 0.4) is 0 Å². The predicted octanol–water partition coefficient (Wildman–Crippen LogP) is 2.17. The van der Waals surface area contributed by atoms with E-state index in [0.717, 1.165) is 15.7 Å². The second kappa shape index (κ2) is 5.54. The summed E-state index contributed by atoms with van der Waals surface area (Å²) in [5, 5.41) is 8.51. The lowest BCUT2D eigenvalue weighted by molar-refractivity contribution is -0.143. The van der Waals surface area contributed by atoms with Crippen LogP contribution in [0, 0.1) is 0 Å². The van der Waals surface area contributed by atoms with Gasteiger partial charge in [0.2, 0.25) is 0 Å². The van der Waals surface area contributed by atoms with Crippen LogP contribution in [0.4, 0.5) is 5.69 Å². The normalized spacial score (nSPS) is 16.1. The minimum Gasteiger partial charge on any atom is -0.480 e. The number of anilines is 1. The summed E-state index contributed by atoms with van der Waals surface area (Å²) in [6.07, 6.45) is 0. The highest BCUT2D eigenvalue weighted by Crippen LogP contribution is 2.41. The summed E-state index contributed by atoms with van der Waals surface area (Å²) in [6, 6.07) is 5.79. The third-order valence-electron chi connectivity index (χ3n) is 3.28. The van der Waals surface area contributed by atoms with Crippen LogP contribution in [0.5, 0.6) is 0 Å². The third kappa shape index (κ3) is 3.02. The summed E-state index contributed by atoms with van der Waals surface area (Å²) in [6.45, 7) is 4.02. The molecule has 0 atom stereocenters. The molecule has 2 rings (SSSR count). The molecule has 0 bridgehead atoms. The Bertz CT molecular complexity index is 556. The Morgan fingerprint density at radius 2 is 2.10 bits per heavy atom. The number of nitrogens with zero attached hydrogens (tertiary/aromatic N) is 1. The number of carbonyl (C=O) groups excluding carboxylic acids is 1. The topological polar surface area (TPSA) is 66.8 Å². The Balaban J connectivity index is 2.16. The van der Waals surface area contributed by atoms with E-state index in [1.165, 1.54) is 0 Å². The van der Waals surface area contributed by atoms with Gasteiger partial charge in [0.05, 0.1) is 0 Å². The van der Waals surface area contributed by atoms with Gasteiger partial charge < -0.3 is 14.7 Å². The molecular formula is C14H16BrNO4. The SMILES string of the molecule is CC1(C)CN(C(=O)COCC(=O)O)c2ccc(Br)cc21. The number of halogens is 1. The Hall–Kier alpha value is -1.40. The van der Waals surface area contributed by atoms with Gasteiger partial charge in [-0.2, -0.15) is 0 Å². The summed E-state index contributed by atoms with van der Waals surface area (Å²) < 4.78 is 5.85. The first-order valence-electron chi connectivity index (χ1n) is 6.21. The number of ether oxygens (including phenoxy) is 1. The molecule has 1 N–H and O–H groups in total. The monoisotopic (exact) mass is 341 g/mol. The van der Waals surface area contributed by atoms with Crippen LogP contribution in [-0.2, 0) is 19.7 Å². The van der Waals surface area contributed by atoms with E-state index in [0.29, 0.717) is 6.54 Å². The number of aliphatic carboxylic acids is 1. The smallest absolute Gasteiger partial charge is 0.329 e. The number of fused-ring (bicyclic) bond motifs is 1. The van der Waals surface area contributed by atoms with Crippen LogP contribution in [0.25, 0.3) is 0 Å². The van der Waals surface area contributed by atoms with Gasteiger partial charge >= 0.3 is 5.97 Å². The summed E-state index contributed by atoms with van der Waals surface area (Å²) in [5.74, 6) is -1.30. The van der Waals surface area contributed by atoms with Gasteiger partial charge in [0.25, 0.3) is 5.91 Å². The number of hydrogen-bond acceptors (Lipinski definition) is 3. The fourth-order valence-corrected chi connectivity index (χ4v) is 2.74. The molecule has 0 spiro atoms. The molecule has 1 aromatic rings. The van der Waals surface area contributed by atoms with E-state index in [2.05, 4.69) is 29.8 Å². The van der Waals surface area contributed by atoms with E-state index in [4.69, 9.17) is 9.84 Å². The molecule has 20 heavy (non-hydrogen) atoms. The van der Waals surface area contributed by atoms with Crippen molar-refractivity contribution in [1.82, 2.24) is 0 Å². The first-order valence-corrected chi connectivity index (χ1v) is 7.00. The van der Waals surface area contributed by atoms with Gasteiger partial charge in [-0.05, 0) is 23.8 Å². The van der Waals surface area contributed by atoms with Gasteiger partial charge in [-0.3, -0.25) is 4.79 Å². The van der Waals surface area contributed by atoms with Gasteiger partial charge in [0.15, 0.2) is 0 Å². The highest BCUT2D eigenvalue weighted by atomic mass is 79.9. The minimum absolute atomic E-state index is 0.137. The Morgan fingerprint density at radius 3 is 2.75 bits per heavy atom. The summed E-state index contributed by atoms with van der Waals surface area (Å²) in [5.41, 5.74) is 1.82. The van der Waals surface area contributed by atoms with Crippen molar-refractivity contribution >= 4 is 33.5 Å². The van der Waals surface area contributed by atoms with Crippen LogP contribution >= 0.6 is 15.9 Å². The number of amides is 1. The molecular weight excluding hydrogens is 326 g/mol. The molecule has 5 nitrogen and oxygen atoms in total. The Labute approximate surface area is 125 Å². The van der Waals surface area contributed by atoms with Crippen molar-refractivity contribution in [3.63, 3.8) is 0 Å². The van der Waals surface area contributed by atoms with E-state index in [1.807, 2.05) is 18.2 Å². The maximum Gasteiger partial charge on any atom is 0.329 e. The van der Waals surface area contributed by atoms with Crippen molar-refractivity contribution in [2.24, 2.45) is 0 Å². The Morgan fingerprint density at radius 1 is 1.40 bits per heavy atom. The quantitative estimate of drug-likeness (QED) is 0.911. The zero-order chi connectivity index (χ0) is 14.9.